The van der Waals surface area contributed by atoms with Gasteiger partial charge in [-0.1, -0.05) is 12.1 Å². The number of hydrogen-bond donors (Lipinski definition) is 0. The smallest absolute Gasteiger partial charge is 0.255 e. The van der Waals surface area contributed by atoms with Crippen molar-refractivity contribution in [1.29, 1.82) is 0 Å². The molecule has 2 saturated heterocycles. The van der Waals surface area contributed by atoms with Gasteiger partial charge in [-0.2, -0.15) is 0 Å². The number of methoxy groups -OCH3 is 1. The molecule has 2 aromatic rings. The molecule has 0 N–H and O–H groups in total. The lowest BCUT2D eigenvalue weighted by atomic mass is 9.98. The second-order valence-electron chi connectivity index (χ2n) is 8.15. The number of carbonyl (C=O) groups excluding carboxylic acids is 2. The number of pyridine rings is 1. The van der Waals surface area contributed by atoms with Gasteiger partial charge in [0.15, 0.2) is 0 Å². The predicted molar refractivity (Wildman–Crippen MR) is 116 cm³/mol. The summed E-state index contributed by atoms with van der Waals surface area (Å²) in [5.74, 6) is 1.00. The van der Waals surface area contributed by atoms with Crippen molar-refractivity contribution >= 4 is 11.8 Å². The quantitative estimate of drug-likeness (QED) is 0.739. The van der Waals surface area contributed by atoms with Crippen LogP contribution in [-0.2, 0) is 16.0 Å². The Balaban J connectivity index is 1.43. The van der Waals surface area contributed by atoms with Gasteiger partial charge in [-0.25, -0.2) is 0 Å². The van der Waals surface area contributed by atoms with Crippen LogP contribution in [0.1, 0.15) is 39.5 Å². The van der Waals surface area contributed by atoms with E-state index in [1.807, 2.05) is 41.0 Å². The molecule has 7 nitrogen and oxygen atoms in total. The molecular formula is C24H29N3O4. The molecule has 4 rings (SSSR count). The summed E-state index contributed by atoms with van der Waals surface area (Å²) in [6, 6.07) is 9.51. The highest BCUT2D eigenvalue weighted by molar-refractivity contribution is 5.95. The van der Waals surface area contributed by atoms with E-state index < -0.39 is 0 Å². The molecule has 2 amide bonds. The highest BCUT2D eigenvalue weighted by Crippen LogP contribution is 2.29. The van der Waals surface area contributed by atoms with Gasteiger partial charge in [0.25, 0.3) is 5.91 Å². The normalized spacial score (nSPS) is 18.8. The molecule has 1 unspecified atom stereocenters. The van der Waals surface area contributed by atoms with Crippen LogP contribution in [0.4, 0.5) is 0 Å². The Labute approximate surface area is 183 Å². The SMILES string of the molecule is COc1ccc(CC(=O)N2CCC(c3ncccc3C(=O)N3CCOCC3)C2)cc1C. The van der Waals surface area contributed by atoms with Gasteiger partial charge in [-0.05, 0) is 42.7 Å². The third-order valence-corrected chi connectivity index (χ3v) is 6.11. The summed E-state index contributed by atoms with van der Waals surface area (Å²) >= 11 is 0. The van der Waals surface area contributed by atoms with E-state index in [-0.39, 0.29) is 17.7 Å². The van der Waals surface area contributed by atoms with E-state index in [0.29, 0.717) is 51.4 Å². The van der Waals surface area contributed by atoms with Crippen molar-refractivity contribution in [3.05, 3.63) is 58.9 Å². The molecule has 0 saturated carbocycles. The Morgan fingerprint density at radius 2 is 1.97 bits per heavy atom. The zero-order chi connectivity index (χ0) is 21.8. The van der Waals surface area contributed by atoms with Gasteiger partial charge in [-0.15, -0.1) is 0 Å². The molecule has 31 heavy (non-hydrogen) atoms. The van der Waals surface area contributed by atoms with Crippen LogP contribution in [-0.4, -0.2) is 73.1 Å². The number of morpholine rings is 1. The van der Waals surface area contributed by atoms with Crippen molar-refractivity contribution in [3.63, 3.8) is 0 Å². The molecule has 7 heteroatoms. The average Bonchev–Trinajstić information content (AvgIpc) is 3.30. The molecule has 0 spiro atoms. The molecule has 0 radical (unpaired) electrons. The summed E-state index contributed by atoms with van der Waals surface area (Å²) in [4.78, 5) is 34.2. The van der Waals surface area contributed by atoms with Crippen LogP contribution < -0.4 is 4.74 Å². The van der Waals surface area contributed by atoms with Gasteiger partial charge < -0.3 is 19.3 Å². The molecule has 164 valence electrons. The third kappa shape index (κ3) is 4.71. The molecule has 2 aliphatic rings. The van der Waals surface area contributed by atoms with E-state index in [4.69, 9.17) is 9.47 Å². The van der Waals surface area contributed by atoms with E-state index >= 15 is 0 Å². The van der Waals surface area contributed by atoms with E-state index in [2.05, 4.69) is 4.98 Å². The minimum atomic E-state index is 0.00452. The second-order valence-corrected chi connectivity index (χ2v) is 8.15. The van der Waals surface area contributed by atoms with Gasteiger partial charge in [-0.3, -0.25) is 14.6 Å². The first-order valence-electron chi connectivity index (χ1n) is 10.8. The van der Waals surface area contributed by atoms with Crippen LogP contribution >= 0.6 is 0 Å². The van der Waals surface area contributed by atoms with Crippen LogP contribution in [0.25, 0.3) is 0 Å². The van der Waals surface area contributed by atoms with Crippen molar-refractivity contribution in [2.24, 2.45) is 0 Å². The Morgan fingerprint density at radius 1 is 1.16 bits per heavy atom. The number of ether oxygens (including phenoxy) is 2. The number of benzene rings is 1. The number of likely N-dealkylation sites (tertiary alicyclic amines) is 1. The van der Waals surface area contributed by atoms with Crippen LogP contribution in [0.2, 0.25) is 0 Å². The number of carbonyl (C=O) groups is 2. The molecule has 2 fully saturated rings. The highest BCUT2D eigenvalue weighted by Gasteiger charge is 2.32. The van der Waals surface area contributed by atoms with Crippen LogP contribution in [0, 0.1) is 6.92 Å². The first kappa shape index (κ1) is 21.3. The van der Waals surface area contributed by atoms with Crippen LogP contribution in [0.3, 0.4) is 0 Å². The lowest BCUT2D eigenvalue weighted by molar-refractivity contribution is -0.129. The minimum absolute atomic E-state index is 0.00452. The number of aromatic nitrogens is 1. The molecule has 0 aliphatic carbocycles. The molecular weight excluding hydrogens is 394 g/mol. The summed E-state index contributed by atoms with van der Waals surface area (Å²) in [7, 11) is 1.65. The van der Waals surface area contributed by atoms with Crippen molar-refractivity contribution in [2.75, 3.05) is 46.5 Å². The Hall–Kier alpha value is -2.93. The zero-order valence-corrected chi connectivity index (χ0v) is 18.2. The monoisotopic (exact) mass is 423 g/mol. The lowest BCUT2D eigenvalue weighted by Crippen LogP contribution is -2.41. The largest absolute Gasteiger partial charge is 0.496 e. The van der Waals surface area contributed by atoms with E-state index in [1.54, 1.807) is 19.4 Å². The maximum atomic E-state index is 13.1. The summed E-state index contributed by atoms with van der Waals surface area (Å²) in [6.07, 6.45) is 2.91. The maximum absolute atomic E-state index is 13.1. The fourth-order valence-electron chi connectivity index (χ4n) is 4.41. The van der Waals surface area contributed by atoms with Crippen molar-refractivity contribution in [2.45, 2.75) is 25.7 Å². The average molecular weight is 424 g/mol. The molecule has 1 atom stereocenters. The summed E-state index contributed by atoms with van der Waals surface area (Å²) in [5, 5.41) is 0. The number of aryl methyl sites for hydroxylation is 1. The van der Waals surface area contributed by atoms with Crippen LogP contribution in [0.5, 0.6) is 5.75 Å². The first-order chi connectivity index (χ1) is 15.1. The fourth-order valence-corrected chi connectivity index (χ4v) is 4.41. The van der Waals surface area contributed by atoms with E-state index in [0.717, 1.165) is 29.0 Å². The van der Waals surface area contributed by atoms with Crippen LogP contribution in [0.15, 0.2) is 36.5 Å². The fraction of sp³-hybridized carbons (Fsp3) is 0.458. The van der Waals surface area contributed by atoms with Gasteiger partial charge in [0, 0.05) is 38.3 Å². The van der Waals surface area contributed by atoms with Crippen molar-refractivity contribution in [3.8, 4) is 5.75 Å². The van der Waals surface area contributed by atoms with Gasteiger partial charge >= 0.3 is 0 Å². The Morgan fingerprint density at radius 3 is 2.71 bits per heavy atom. The lowest BCUT2D eigenvalue weighted by Gasteiger charge is -2.28. The zero-order valence-electron chi connectivity index (χ0n) is 18.2. The number of amides is 2. The third-order valence-electron chi connectivity index (χ3n) is 6.11. The molecule has 1 aromatic carbocycles. The van der Waals surface area contributed by atoms with Crippen molar-refractivity contribution in [1.82, 2.24) is 14.8 Å². The van der Waals surface area contributed by atoms with Gasteiger partial charge in [0.1, 0.15) is 5.75 Å². The minimum Gasteiger partial charge on any atom is -0.496 e. The second kappa shape index (κ2) is 9.47. The Kier molecular flexibility index (Phi) is 6.51. The molecule has 1 aromatic heterocycles. The van der Waals surface area contributed by atoms with Gasteiger partial charge in [0.2, 0.25) is 5.91 Å². The predicted octanol–water partition coefficient (Wildman–Crippen LogP) is 2.43. The van der Waals surface area contributed by atoms with Crippen molar-refractivity contribution < 1.29 is 19.1 Å². The van der Waals surface area contributed by atoms with Gasteiger partial charge in [0.05, 0.1) is 38.0 Å². The highest BCUT2D eigenvalue weighted by atomic mass is 16.5. The summed E-state index contributed by atoms with van der Waals surface area (Å²) < 4.78 is 10.7. The topological polar surface area (TPSA) is 72.0 Å². The number of nitrogens with zero attached hydrogens (tertiary/aromatic N) is 3. The number of rotatable bonds is 5. The Bertz CT molecular complexity index is 956. The standard InChI is InChI=1S/C24H29N3O4/c1-17-14-18(5-6-21(17)30-2)15-22(28)27-9-7-19(16-27)23-20(4-3-8-25-23)24(29)26-10-12-31-13-11-26/h3-6,8,14,19H,7,9-13,15-16H2,1-2H3. The summed E-state index contributed by atoms with van der Waals surface area (Å²) in [5.41, 5.74) is 3.45. The van der Waals surface area contributed by atoms with E-state index in [9.17, 15) is 9.59 Å². The number of hydrogen-bond acceptors (Lipinski definition) is 5. The molecule has 0 bridgehead atoms. The maximum Gasteiger partial charge on any atom is 0.255 e. The molecule has 2 aliphatic heterocycles. The van der Waals surface area contributed by atoms with E-state index in [1.165, 1.54) is 0 Å². The summed E-state index contributed by atoms with van der Waals surface area (Å²) in [6.45, 7) is 5.59. The first-order valence-corrected chi connectivity index (χ1v) is 10.8. The molecule has 3 heterocycles.